The van der Waals surface area contributed by atoms with Crippen molar-refractivity contribution in [2.24, 2.45) is 0 Å². The number of sulfone groups is 1. The van der Waals surface area contributed by atoms with Crippen molar-refractivity contribution in [1.82, 2.24) is 5.32 Å². The topological polar surface area (TPSA) is 114 Å². The molecule has 0 fully saturated rings. The number of rotatable bonds is 6. The predicted octanol–water partition coefficient (Wildman–Crippen LogP) is 0.417. The smallest absolute Gasteiger partial charge is 0.339 e. The number of carbonyl (C=O) groups excluding carboxylic acids is 1. The number of hydrogen-bond donors (Lipinski definition) is 2. The highest BCUT2D eigenvalue weighted by Crippen LogP contribution is 2.14. The molecule has 0 aliphatic carbocycles. The summed E-state index contributed by atoms with van der Waals surface area (Å²) in [6, 6.07) is 1.00. The predicted molar refractivity (Wildman–Crippen MR) is 66.4 cm³/mol. The summed E-state index contributed by atoms with van der Waals surface area (Å²) in [4.78, 5) is 22.2. The van der Waals surface area contributed by atoms with Gasteiger partial charge in [0.1, 0.15) is 22.8 Å². The molecular formula is C11H15NO6S. The van der Waals surface area contributed by atoms with E-state index in [4.69, 9.17) is 9.52 Å². The molecule has 0 radical (unpaired) electrons. The Morgan fingerprint density at radius 2 is 2.05 bits per heavy atom. The van der Waals surface area contributed by atoms with Crippen LogP contribution in [0, 0.1) is 0 Å². The van der Waals surface area contributed by atoms with Crippen molar-refractivity contribution in [3.05, 3.63) is 23.7 Å². The molecule has 0 saturated heterocycles. The fourth-order valence-corrected chi connectivity index (χ4v) is 2.66. The summed E-state index contributed by atoms with van der Waals surface area (Å²) < 4.78 is 28.3. The lowest BCUT2D eigenvalue weighted by Gasteiger charge is -2.08. The van der Waals surface area contributed by atoms with Crippen molar-refractivity contribution < 1.29 is 27.5 Å². The van der Waals surface area contributed by atoms with Gasteiger partial charge < -0.3 is 14.8 Å². The Bertz CT molecular complexity index is 572. The quantitative estimate of drug-likeness (QED) is 0.784. The molecule has 1 heterocycles. The highest BCUT2D eigenvalue weighted by Gasteiger charge is 2.23. The van der Waals surface area contributed by atoms with E-state index in [0.29, 0.717) is 0 Å². The van der Waals surface area contributed by atoms with Gasteiger partial charge in [-0.3, -0.25) is 4.79 Å². The Balaban J connectivity index is 2.77. The number of hydrogen-bond acceptors (Lipinski definition) is 5. The van der Waals surface area contributed by atoms with Gasteiger partial charge in [0.2, 0.25) is 5.91 Å². The van der Waals surface area contributed by atoms with Crippen LogP contribution in [-0.2, 0) is 20.4 Å². The van der Waals surface area contributed by atoms with Gasteiger partial charge in [-0.05, 0) is 19.9 Å². The second-order valence-corrected chi connectivity index (χ2v) is 6.38. The molecule has 0 aromatic carbocycles. The standard InChI is InChI=1S/C11H15NO6S/c1-7(2)12-10(13)6-19(16,17)5-9-8(11(14)15)3-4-18-9/h3-4,7H,5-6H2,1-2H3,(H,12,13)(H,14,15). The van der Waals surface area contributed by atoms with Gasteiger partial charge in [-0.25, -0.2) is 13.2 Å². The van der Waals surface area contributed by atoms with E-state index in [1.807, 2.05) is 0 Å². The highest BCUT2D eigenvalue weighted by atomic mass is 32.2. The van der Waals surface area contributed by atoms with E-state index in [0.717, 1.165) is 6.26 Å². The lowest BCUT2D eigenvalue weighted by atomic mass is 10.3. The van der Waals surface area contributed by atoms with Crippen LogP contribution in [0.15, 0.2) is 16.7 Å². The third-order valence-electron chi connectivity index (χ3n) is 2.13. The van der Waals surface area contributed by atoms with E-state index in [-0.39, 0.29) is 17.4 Å². The number of nitrogens with one attached hydrogen (secondary N) is 1. The van der Waals surface area contributed by atoms with Gasteiger partial charge in [0.25, 0.3) is 0 Å². The third-order valence-corrected chi connectivity index (χ3v) is 3.53. The van der Waals surface area contributed by atoms with E-state index in [1.54, 1.807) is 13.8 Å². The normalized spacial score (nSPS) is 11.5. The summed E-state index contributed by atoms with van der Waals surface area (Å²) in [5.41, 5.74) is -0.215. The van der Waals surface area contributed by atoms with Crippen LogP contribution in [0.25, 0.3) is 0 Å². The molecule has 0 bridgehead atoms. The van der Waals surface area contributed by atoms with Crippen LogP contribution >= 0.6 is 0 Å². The van der Waals surface area contributed by atoms with E-state index in [9.17, 15) is 18.0 Å². The van der Waals surface area contributed by atoms with Crippen LogP contribution in [-0.4, -0.2) is 37.2 Å². The first-order valence-corrected chi connectivity index (χ1v) is 7.33. The van der Waals surface area contributed by atoms with Crippen molar-refractivity contribution in [3.8, 4) is 0 Å². The molecule has 1 aromatic rings. The third kappa shape index (κ3) is 4.74. The minimum atomic E-state index is -3.77. The maximum absolute atomic E-state index is 11.8. The zero-order chi connectivity index (χ0) is 14.6. The van der Waals surface area contributed by atoms with Crippen molar-refractivity contribution in [3.63, 3.8) is 0 Å². The molecule has 2 N–H and O–H groups in total. The van der Waals surface area contributed by atoms with Crippen LogP contribution in [0.2, 0.25) is 0 Å². The molecule has 106 valence electrons. The van der Waals surface area contributed by atoms with Crippen molar-refractivity contribution in [2.75, 3.05) is 5.75 Å². The van der Waals surface area contributed by atoms with Crippen molar-refractivity contribution >= 4 is 21.7 Å². The summed E-state index contributed by atoms with van der Waals surface area (Å²) in [6.45, 7) is 3.42. The maximum Gasteiger partial charge on any atom is 0.339 e. The number of furan rings is 1. The summed E-state index contributed by atoms with van der Waals surface area (Å²) in [5.74, 6) is -3.40. The summed E-state index contributed by atoms with van der Waals surface area (Å²) in [6.07, 6.45) is 1.10. The molecule has 0 unspecified atom stereocenters. The van der Waals surface area contributed by atoms with Crippen LogP contribution in [0.3, 0.4) is 0 Å². The number of carbonyl (C=O) groups is 2. The van der Waals surface area contributed by atoms with Crippen LogP contribution in [0.4, 0.5) is 0 Å². The van der Waals surface area contributed by atoms with Gasteiger partial charge in [-0.2, -0.15) is 0 Å². The Kier molecular flexibility index (Phi) is 4.71. The molecule has 0 atom stereocenters. The number of carboxylic acids is 1. The first-order chi connectivity index (χ1) is 8.71. The molecule has 0 aliphatic heterocycles. The van der Waals surface area contributed by atoms with Gasteiger partial charge in [0.15, 0.2) is 9.84 Å². The minimum Gasteiger partial charge on any atom is -0.478 e. The summed E-state index contributed by atoms with van der Waals surface area (Å²) >= 11 is 0. The van der Waals surface area contributed by atoms with E-state index in [2.05, 4.69) is 5.32 Å². The van der Waals surface area contributed by atoms with Crippen molar-refractivity contribution in [1.29, 1.82) is 0 Å². The lowest BCUT2D eigenvalue weighted by molar-refractivity contribution is -0.119. The molecule has 1 amide bonds. The largest absolute Gasteiger partial charge is 0.478 e. The Morgan fingerprint density at radius 1 is 1.42 bits per heavy atom. The number of amides is 1. The summed E-state index contributed by atoms with van der Waals surface area (Å²) in [5, 5.41) is 11.3. The van der Waals surface area contributed by atoms with E-state index < -0.39 is 33.2 Å². The number of aromatic carboxylic acids is 1. The zero-order valence-electron chi connectivity index (χ0n) is 10.5. The molecule has 0 aliphatic rings. The maximum atomic E-state index is 11.8. The van der Waals surface area contributed by atoms with Gasteiger partial charge in [0.05, 0.1) is 6.26 Å². The minimum absolute atomic E-state index is 0.166. The lowest BCUT2D eigenvalue weighted by Crippen LogP contribution is -2.35. The van der Waals surface area contributed by atoms with Gasteiger partial charge >= 0.3 is 5.97 Å². The number of carboxylic acid groups (broad SMARTS) is 1. The summed E-state index contributed by atoms with van der Waals surface area (Å²) in [7, 11) is -3.77. The Hall–Kier alpha value is -1.83. The molecular weight excluding hydrogens is 274 g/mol. The molecule has 19 heavy (non-hydrogen) atoms. The zero-order valence-corrected chi connectivity index (χ0v) is 11.4. The second kappa shape index (κ2) is 5.87. The molecule has 8 heteroatoms. The molecule has 1 aromatic heterocycles. The molecule has 7 nitrogen and oxygen atoms in total. The van der Waals surface area contributed by atoms with Gasteiger partial charge in [-0.15, -0.1) is 0 Å². The Morgan fingerprint density at radius 3 is 2.58 bits per heavy atom. The van der Waals surface area contributed by atoms with Crippen LogP contribution < -0.4 is 5.32 Å². The highest BCUT2D eigenvalue weighted by molar-refractivity contribution is 7.91. The van der Waals surface area contributed by atoms with Crippen LogP contribution in [0.1, 0.15) is 30.0 Å². The average molecular weight is 289 g/mol. The monoisotopic (exact) mass is 289 g/mol. The average Bonchev–Trinajstić information content (AvgIpc) is 2.61. The van der Waals surface area contributed by atoms with E-state index >= 15 is 0 Å². The fourth-order valence-electron chi connectivity index (χ4n) is 1.46. The second-order valence-electron chi connectivity index (χ2n) is 4.32. The fraction of sp³-hybridized carbons (Fsp3) is 0.455. The Labute approximate surface area is 110 Å². The molecule has 0 spiro atoms. The SMILES string of the molecule is CC(C)NC(=O)CS(=O)(=O)Cc1occc1C(=O)O. The first-order valence-electron chi connectivity index (χ1n) is 5.50. The van der Waals surface area contributed by atoms with Crippen molar-refractivity contribution in [2.45, 2.75) is 25.6 Å². The van der Waals surface area contributed by atoms with Crippen LogP contribution in [0.5, 0.6) is 0 Å². The van der Waals surface area contributed by atoms with Gasteiger partial charge in [0, 0.05) is 6.04 Å². The first kappa shape index (κ1) is 15.2. The van der Waals surface area contributed by atoms with Gasteiger partial charge in [-0.1, -0.05) is 0 Å². The molecule has 0 saturated carbocycles. The van der Waals surface area contributed by atoms with E-state index in [1.165, 1.54) is 6.07 Å². The molecule has 1 rings (SSSR count).